The zero-order valence-corrected chi connectivity index (χ0v) is 16.4. The molecule has 0 aliphatic carbocycles. The highest BCUT2D eigenvalue weighted by Gasteiger charge is 2.47. The largest absolute Gasteiger partial charge is 0.338 e. The molecule has 2 heterocycles. The van der Waals surface area contributed by atoms with Gasteiger partial charge in [-0.15, -0.1) is 0 Å². The maximum Gasteiger partial charge on any atom is 0.259 e. The number of fused-ring (bicyclic) bond motifs is 1. The third kappa shape index (κ3) is 4.55. The molecule has 2 aliphatic heterocycles. The molecule has 0 bridgehead atoms. The molecule has 2 amide bonds. The van der Waals surface area contributed by atoms with Gasteiger partial charge in [0.15, 0.2) is 17.3 Å². The molecule has 3 rings (SSSR count). The van der Waals surface area contributed by atoms with E-state index in [1.807, 2.05) is 0 Å². The Morgan fingerprint density at radius 2 is 1.83 bits per heavy atom. The summed E-state index contributed by atoms with van der Waals surface area (Å²) in [6.07, 6.45) is 0.259. The van der Waals surface area contributed by atoms with Gasteiger partial charge >= 0.3 is 0 Å². The van der Waals surface area contributed by atoms with Crippen molar-refractivity contribution in [3.63, 3.8) is 0 Å². The van der Waals surface area contributed by atoms with Crippen molar-refractivity contribution in [2.45, 2.75) is 50.9 Å². The van der Waals surface area contributed by atoms with Gasteiger partial charge in [-0.1, -0.05) is 0 Å². The molecule has 0 spiro atoms. The van der Waals surface area contributed by atoms with Crippen molar-refractivity contribution in [3.05, 3.63) is 35.1 Å². The van der Waals surface area contributed by atoms with Crippen molar-refractivity contribution in [3.8, 4) is 0 Å². The number of alkyl halides is 1. The number of likely N-dealkylation sites (tertiary alicyclic amines) is 2. The van der Waals surface area contributed by atoms with Crippen LogP contribution in [0.4, 0.5) is 17.6 Å². The van der Waals surface area contributed by atoms with Gasteiger partial charge < -0.3 is 9.80 Å². The predicted octanol–water partition coefficient (Wildman–Crippen LogP) is 2.50. The second kappa shape index (κ2) is 7.93. The standard InChI is InChI=1S/C20H24F4N3O2/c1-20(2,24)19(29)26-9-11-3-4-27(17(11)10-26)18(28)7-13(25)5-12-6-15(22)16(23)8-14(12)21/h6,8,11,13,17,25H,3-5,7,9-10H2,1-2H3/t11-,13+,17+/m0/s1. The van der Waals surface area contributed by atoms with Crippen LogP contribution in [0.1, 0.15) is 32.3 Å². The Hall–Kier alpha value is -2.16. The second-order valence-corrected chi connectivity index (χ2v) is 8.35. The summed E-state index contributed by atoms with van der Waals surface area (Å²) in [5.74, 6) is -4.30. The minimum absolute atomic E-state index is 0.0677. The Bertz CT molecular complexity index is 812. The van der Waals surface area contributed by atoms with Crippen molar-refractivity contribution >= 4 is 11.8 Å². The molecule has 0 aromatic heterocycles. The van der Waals surface area contributed by atoms with E-state index < -0.39 is 35.1 Å². The zero-order valence-electron chi connectivity index (χ0n) is 16.4. The number of carbonyl (C=O) groups excluding carboxylic acids is 2. The highest BCUT2D eigenvalue weighted by molar-refractivity contribution is 5.85. The molecule has 0 unspecified atom stereocenters. The monoisotopic (exact) mass is 414 g/mol. The topological polar surface area (TPSA) is 64.4 Å². The summed E-state index contributed by atoms with van der Waals surface area (Å²) in [7, 11) is 0. The summed E-state index contributed by atoms with van der Waals surface area (Å²) in [6.45, 7) is 3.54. The fourth-order valence-electron chi connectivity index (χ4n) is 4.20. The Balaban J connectivity index is 1.60. The van der Waals surface area contributed by atoms with Crippen LogP contribution in [0.2, 0.25) is 0 Å². The first kappa shape index (κ1) is 21.5. The maximum atomic E-state index is 14.0. The third-order valence-electron chi connectivity index (χ3n) is 5.64. The van der Waals surface area contributed by atoms with Gasteiger partial charge in [0.25, 0.3) is 5.91 Å². The van der Waals surface area contributed by atoms with E-state index in [0.29, 0.717) is 31.6 Å². The lowest BCUT2D eigenvalue weighted by molar-refractivity contribution is -0.142. The summed E-state index contributed by atoms with van der Waals surface area (Å²) in [4.78, 5) is 27.9. The van der Waals surface area contributed by atoms with E-state index >= 15 is 0 Å². The van der Waals surface area contributed by atoms with Crippen molar-refractivity contribution in [2.75, 3.05) is 19.6 Å². The Morgan fingerprint density at radius 3 is 2.48 bits per heavy atom. The van der Waals surface area contributed by atoms with Gasteiger partial charge in [0.2, 0.25) is 5.91 Å². The highest BCUT2D eigenvalue weighted by Crippen LogP contribution is 2.33. The van der Waals surface area contributed by atoms with E-state index in [-0.39, 0.29) is 42.8 Å². The van der Waals surface area contributed by atoms with Crippen LogP contribution < -0.4 is 5.73 Å². The lowest BCUT2D eigenvalue weighted by atomic mass is 10.0. The predicted molar refractivity (Wildman–Crippen MR) is 96.9 cm³/mol. The quantitative estimate of drug-likeness (QED) is 0.549. The number of nitrogens with one attached hydrogen (secondary N) is 1. The fourth-order valence-corrected chi connectivity index (χ4v) is 4.20. The van der Waals surface area contributed by atoms with Crippen LogP contribution in [-0.2, 0) is 16.0 Å². The highest BCUT2D eigenvalue weighted by atomic mass is 19.2. The van der Waals surface area contributed by atoms with E-state index in [9.17, 15) is 27.2 Å². The molecule has 1 radical (unpaired) electrons. The number of halogens is 4. The maximum absolute atomic E-state index is 14.0. The summed E-state index contributed by atoms with van der Waals surface area (Å²) in [5.41, 5.74) is 5.93. The summed E-state index contributed by atoms with van der Waals surface area (Å²) < 4.78 is 54.1. The lowest BCUT2D eigenvalue weighted by Gasteiger charge is -2.27. The molecule has 0 saturated carbocycles. The SMILES string of the molecule is CC(C)(F)C(=O)N1C[C@@H]2CCN(C(=O)C[C@H]([NH])Cc3cc(F)c(F)cc3F)[C@@H]2C1. The molecule has 1 aromatic rings. The number of nitrogens with zero attached hydrogens (tertiary/aromatic N) is 2. The van der Waals surface area contributed by atoms with Crippen molar-refractivity contribution < 1.29 is 27.2 Å². The molecule has 5 nitrogen and oxygen atoms in total. The van der Waals surface area contributed by atoms with E-state index in [0.717, 1.165) is 0 Å². The Kier molecular flexibility index (Phi) is 5.89. The zero-order chi connectivity index (χ0) is 21.5. The van der Waals surface area contributed by atoms with E-state index in [2.05, 4.69) is 0 Å². The molecule has 9 heteroatoms. The third-order valence-corrected chi connectivity index (χ3v) is 5.64. The van der Waals surface area contributed by atoms with Gasteiger partial charge in [0.05, 0.1) is 6.04 Å². The first-order valence-corrected chi connectivity index (χ1v) is 9.59. The number of hydrogen-bond donors (Lipinski definition) is 0. The van der Waals surface area contributed by atoms with Gasteiger partial charge in [-0.25, -0.2) is 17.6 Å². The van der Waals surface area contributed by atoms with Gasteiger partial charge in [-0.3, -0.25) is 15.3 Å². The van der Waals surface area contributed by atoms with E-state index in [1.165, 1.54) is 18.7 Å². The second-order valence-electron chi connectivity index (χ2n) is 8.35. The molecule has 1 aromatic carbocycles. The van der Waals surface area contributed by atoms with Gasteiger partial charge in [-0.2, -0.15) is 0 Å². The Labute approximate surface area is 166 Å². The summed E-state index contributed by atoms with van der Waals surface area (Å²) >= 11 is 0. The van der Waals surface area contributed by atoms with Crippen molar-refractivity contribution in [1.82, 2.24) is 15.5 Å². The first-order valence-electron chi connectivity index (χ1n) is 9.59. The fraction of sp³-hybridized carbons (Fsp3) is 0.600. The minimum atomic E-state index is -1.98. The van der Waals surface area contributed by atoms with Crippen LogP contribution in [0.3, 0.4) is 0 Å². The van der Waals surface area contributed by atoms with Gasteiger partial charge in [-0.05, 0) is 38.3 Å². The number of hydrogen-bond acceptors (Lipinski definition) is 2. The van der Waals surface area contributed by atoms with Crippen LogP contribution in [0.25, 0.3) is 0 Å². The number of carbonyl (C=O) groups is 2. The molecule has 2 saturated heterocycles. The summed E-state index contributed by atoms with van der Waals surface area (Å²) in [5, 5.41) is 0. The van der Waals surface area contributed by atoms with Crippen LogP contribution in [0.5, 0.6) is 0 Å². The van der Waals surface area contributed by atoms with Crippen LogP contribution in [0, 0.1) is 23.4 Å². The molecule has 2 aliphatic rings. The van der Waals surface area contributed by atoms with Gasteiger partial charge in [0.1, 0.15) is 5.82 Å². The molecule has 159 valence electrons. The Morgan fingerprint density at radius 1 is 1.17 bits per heavy atom. The van der Waals surface area contributed by atoms with Gasteiger partial charge in [0, 0.05) is 44.1 Å². The van der Waals surface area contributed by atoms with Crippen molar-refractivity contribution in [1.29, 1.82) is 0 Å². The number of rotatable bonds is 5. The first-order chi connectivity index (χ1) is 13.5. The molecule has 2 fully saturated rings. The molecule has 1 N–H and O–H groups in total. The molecular weight excluding hydrogens is 390 g/mol. The normalized spacial score (nSPS) is 22.7. The average Bonchev–Trinajstić information content (AvgIpc) is 3.18. The molecule has 3 atom stereocenters. The number of benzene rings is 1. The lowest BCUT2D eigenvalue weighted by Crippen LogP contribution is -2.45. The number of amides is 2. The average molecular weight is 414 g/mol. The molecular formula is C20H24F4N3O2. The summed E-state index contributed by atoms with van der Waals surface area (Å²) in [6, 6.07) is -0.103. The van der Waals surface area contributed by atoms with Crippen molar-refractivity contribution in [2.24, 2.45) is 5.92 Å². The van der Waals surface area contributed by atoms with E-state index in [1.54, 1.807) is 4.90 Å². The van der Waals surface area contributed by atoms with E-state index in [4.69, 9.17) is 5.73 Å². The van der Waals surface area contributed by atoms with Crippen LogP contribution >= 0.6 is 0 Å². The smallest absolute Gasteiger partial charge is 0.259 e. The van der Waals surface area contributed by atoms with Crippen LogP contribution in [-0.4, -0.2) is 59.0 Å². The molecule has 29 heavy (non-hydrogen) atoms. The minimum Gasteiger partial charge on any atom is -0.338 e. The van der Waals surface area contributed by atoms with Crippen LogP contribution in [0.15, 0.2) is 12.1 Å².